The van der Waals surface area contributed by atoms with Crippen LogP contribution in [0.5, 0.6) is 0 Å². The number of amides is 1. The van der Waals surface area contributed by atoms with Crippen LogP contribution in [0, 0.1) is 5.92 Å². The predicted molar refractivity (Wildman–Crippen MR) is 58.1 cm³/mol. The molecule has 1 heterocycles. The summed E-state index contributed by atoms with van der Waals surface area (Å²) in [6, 6.07) is 1.80. The summed E-state index contributed by atoms with van der Waals surface area (Å²) in [4.78, 5) is 11.3. The van der Waals surface area contributed by atoms with Gasteiger partial charge in [0.05, 0.1) is 0 Å². The largest absolute Gasteiger partial charge is 0.289 e. The highest BCUT2D eigenvalue weighted by molar-refractivity contribution is 5.91. The van der Waals surface area contributed by atoms with Crippen LogP contribution in [0.1, 0.15) is 37.0 Å². The lowest BCUT2D eigenvalue weighted by molar-refractivity contribution is 0.0948. The summed E-state index contributed by atoms with van der Waals surface area (Å²) in [5.74, 6) is 5.26. The van der Waals surface area contributed by atoms with E-state index in [-0.39, 0.29) is 5.91 Å². The molecule has 0 aliphatic heterocycles. The third kappa shape index (κ3) is 2.79. The normalized spacial score (nSPS) is 10.7. The van der Waals surface area contributed by atoms with Crippen molar-refractivity contribution in [2.45, 2.75) is 33.7 Å². The van der Waals surface area contributed by atoms with Gasteiger partial charge in [-0.15, -0.1) is 0 Å². The maximum absolute atomic E-state index is 11.3. The molecule has 1 aromatic heterocycles. The zero-order chi connectivity index (χ0) is 11.4. The van der Waals surface area contributed by atoms with Crippen molar-refractivity contribution in [1.82, 2.24) is 15.2 Å². The lowest BCUT2D eigenvalue weighted by atomic mass is 10.1. The molecule has 84 valence electrons. The second-order valence-corrected chi connectivity index (χ2v) is 3.91. The number of carbonyl (C=O) groups excluding carboxylic acids is 1. The van der Waals surface area contributed by atoms with Gasteiger partial charge in [-0.2, -0.15) is 5.10 Å². The highest BCUT2D eigenvalue weighted by atomic mass is 16.2. The Balaban J connectivity index is 2.94. The van der Waals surface area contributed by atoms with Crippen LogP contribution in [0.4, 0.5) is 0 Å². The number of nitrogens with two attached hydrogens (primary N) is 1. The van der Waals surface area contributed by atoms with E-state index in [2.05, 4.69) is 24.4 Å². The molecule has 0 saturated carbocycles. The Morgan fingerprint density at radius 2 is 2.33 bits per heavy atom. The first kappa shape index (κ1) is 11.7. The summed E-state index contributed by atoms with van der Waals surface area (Å²) in [5, 5.41) is 4.18. The molecule has 0 radical (unpaired) electrons. The van der Waals surface area contributed by atoms with Crippen molar-refractivity contribution in [3.63, 3.8) is 0 Å². The summed E-state index contributed by atoms with van der Waals surface area (Å²) in [6.07, 6.45) is 0.915. The lowest BCUT2D eigenvalue weighted by Crippen LogP contribution is -2.30. The van der Waals surface area contributed by atoms with Crippen molar-refractivity contribution in [2.24, 2.45) is 11.8 Å². The Hall–Kier alpha value is -1.36. The van der Waals surface area contributed by atoms with E-state index in [0.717, 1.165) is 18.7 Å². The molecule has 1 amide bonds. The number of rotatable bonds is 4. The highest BCUT2D eigenvalue weighted by Crippen LogP contribution is 2.10. The molecule has 0 fully saturated rings. The van der Waals surface area contributed by atoms with Crippen LogP contribution < -0.4 is 11.3 Å². The summed E-state index contributed by atoms with van der Waals surface area (Å²) >= 11 is 0. The second-order valence-electron chi connectivity index (χ2n) is 3.91. The number of aryl methyl sites for hydroxylation is 1. The Bertz CT molecular complexity index is 343. The van der Waals surface area contributed by atoms with Gasteiger partial charge < -0.3 is 0 Å². The number of nitrogens with zero attached hydrogens (tertiary/aromatic N) is 2. The first-order valence-electron chi connectivity index (χ1n) is 5.16. The lowest BCUT2D eigenvalue weighted by Gasteiger charge is -2.06. The average molecular weight is 210 g/mol. The highest BCUT2D eigenvalue weighted by Gasteiger charge is 2.13. The molecule has 5 heteroatoms. The van der Waals surface area contributed by atoms with Crippen molar-refractivity contribution < 1.29 is 4.79 Å². The number of aromatic nitrogens is 2. The molecule has 0 aliphatic rings. The molecule has 0 aromatic carbocycles. The van der Waals surface area contributed by atoms with Gasteiger partial charge >= 0.3 is 0 Å². The van der Waals surface area contributed by atoms with Crippen LogP contribution in [-0.2, 0) is 13.0 Å². The number of nitrogens with one attached hydrogen (secondary N) is 1. The number of carbonyl (C=O) groups is 1. The number of nitrogen functional groups attached to an aromatic ring is 1. The van der Waals surface area contributed by atoms with E-state index in [9.17, 15) is 4.79 Å². The first-order chi connectivity index (χ1) is 7.08. The summed E-state index contributed by atoms with van der Waals surface area (Å²) in [6.45, 7) is 7.03. The van der Waals surface area contributed by atoms with Gasteiger partial charge in [0.1, 0.15) is 0 Å². The molecular formula is C10H18N4O. The van der Waals surface area contributed by atoms with E-state index < -0.39 is 0 Å². The molecule has 1 aromatic rings. The fourth-order valence-electron chi connectivity index (χ4n) is 1.50. The minimum atomic E-state index is -0.341. The molecule has 3 N–H and O–H groups in total. The van der Waals surface area contributed by atoms with Crippen LogP contribution in [0.2, 0.25) is 0 Å². The maximum Gasteiger partial charge on any atom is 0.285 e. The van der Waals surface area contributed by atoms with Crippen molar-refractivity contribution >= 4 is 5.91 Å². The van der Waals surface area contributed by atoms with E-state index in [0.29, 0.717) is 11.6 Å². The van der Waals surface area contributed by atoms with Crippen molar-refractivity contribution in [3.8, 4) is 0 Å². The van der Waals surface area contributed by atoms with Crippen molar-refractivity contribution in [3.05, 3.63) is 17.5 Å². The van der Waals surface area contributed by atoms with E-state index in [1.54, 1.807) is 6.07 Å². The molecule has 0 atom stereocenters. The smallest absolute Gasteiger partial charge is 0.285 e. The Morgan fingerprint density at radius 3 is 2.80 bits per heavy atom. The van der Waals surface area contributed by atoms with Gasteiger partial charge in [0, 0.05) is 12.2 Å². The second kappa shape index (κ2) is 4.93. The van der Waals surface area contributed by atoms with Crippen LogP contribution in [-0.4, -0.2) is 15.7 Å². The molecule has 0 spiro atoms. The van der Waals surface area contributed by atoms with Gasteiger partial charge in [-0.3, -0.25) is 14.9 Å². The Morgan fingerprint density at radius 1 is 1.67 bits per heavy atom. The number of hydrogen-bond acceptors (Lipinski definition) is 3. The standard InChI is InChI=1S/C10H18N4O/c1-4-14-8(5-7(2)3)6-9(13-14)10(15)12-11/h6-7H,4-5,11H2,1-3H3,(H,12,15). The monoisotopic (exact) mass is 210 g/mol. The molecule has 0 saturated heterocycles. The molecule has 0 aliphatic carbocycles. The van der Waals surface area contributed by atoms with Gasteiger partial charge in [0.25, 0.3) is 5.91 Å². The minimum absolute atomic E-state index is 0.341. The average Bonchev–Trinajstić information content (AvgIpc) is 2.59. The van der Waals surface area contributed by atoms with E-state index in [4.69, 9.17) is 5.84 Å². The van der Waals surface area contributed by atoms with Crippen LogP contribution in [0.3, 0.4) is 0 Å². The third-order valence-corrected chi connectivity index (χ3v) is 2.14. The van der Waals surface area contributed by atoms with Crippen molar-refractivity contribution in [2.75, 3.05) is 0 Å². The first-order valence-corrected chi connectivity index (χ1v) is 5.16. The van der Waals surface area contributed by atoms with Crippen LogP contribution in [0.25, 0.3) is 0 Å². The fraction of sp³-hybridized carbons (Fsp3) is 0.600. The topological polar surface area (TPSA) is 72.9 Å². The van der Waals surface area contributed by atoms with Crippen molar-refractivity contribution in [1.29, 1.82) is 0 Å². The van der Waals surface area contributed by atoms with Gasteiger partial charge in [-0.05, 0) is 25.3 Å². The molecule has 1 rings (SSSR count). The van der Waals surface area contributed by atoms with E-state index in [1.165, 1.54) is 0 Å². The maximum atomic E-state index is 11.3. The van der Waals surface area contributed by atoms with E-state index >= 15 is 0 Å². The predicted octanol–water partition coefficient (Wildman–Crippen LogP) is 0.705. The number of hydrogen-bond donors (Lipinski definition) is 2. The zero-order valence-corrected chi connectivity index (χ0v) is 9.45. The molecular weight excluding hydrogens is 192 g/mol. The molecule has 0 unspecified atom stereocenters. The summed E-state index contributed by atoms with van der Waals surface area (Å²) in [7, 11) is 0. The van der Waals surface area contributed by atoms with Crippen LogP contribution >= 0.6 is 0 Å². The quantitative estimate of drug-likeness (QED) is 0.436. The molecule has 15 heavy (non-hydrogen) atoms. The fourth-order valence-corrected chi connectivity index (χ4v) is 1.50. The summed E-state index contributed by atoms with van der Waals surface area (Å²) < 4.78 is 1.84. The van der Waals surface area contributed by atoms with E-state index in [1.807, 2.05) is 11.6 Å². The Kier molecular flexibility index (Phi) is 3.85. The molecule has 0 bridgehead atoms. The SMILES string of the molecule is CCn1nc(C(=O)NN)cc1CC(C)C. The zero-order valence-electron chi connectivity index (χ0n) is 9.45. The minimum Gasteiger partial charge on any atom is -0.289 e. The van der Waals surface area contributed by atoms with Gasteiger partial charge in [-0.25, -0.2) is 5.84 Å². The molecule has 5 nitrogen and oxygen atoms in total. The third-order valence-electron chi connectivity index (χ3n) is 2.14. The van der Waals surface area contributed by atoms with Gasteiger partial charge in [-0.1, -0.05) is 13.8 Å². The Labute approximate surface area is 89.6 Å². The van der Waals surface area contributed by atoms with Gasteiger partial charge in [0.2, 0.25) is 0 Å². The summed E-state index contributed by atoms with van der Waals surface area (Å²) in [5.41, 5.74) is 3.54. The number of hydrazine groups is 1. The van der Waals surface area contributed by atoms with Crippen LogP contribution in [0.15, 0.2) is 6.07 Å². The van der Waals surface area contributed by atoms with Gasteiger partial charge in [0.15, 0.2) is 5.69 Å².